The van der Waals surface area contributed by atoms with Crippen LogP contribution in [0, 0.1) is 0 Å². The first kappa shape index (κ1) is 34.0. The Morgan fingerprint density at radius 2 is 1.03 bits per heavy atom. The highest BCUT2D eigenvalue weighted by Crippen LogP contribution is 2.23. The van der Waals surface area contributed by atoms with Gasteiger partial charge in [0.2, 0.25) is 0 Å². The molecule has 0 spiro atoms. The standard InChI is InChI=1S/C33H56O5/c1-2-3-4-5-10-15-20-27-38-31-26-25-29(21-16-11-6-8-13-18-23-32(34)35)30(28-31)22-17-12-7-9-14-19-24-33(36)37/h25-26,28H,2-24,27H2,1H3,(H,34,35)(H,36,37). The molecule has 0 saturated carbocycles. The van der Waals surface area contributed by atoms with Gasteiger partial charge in [-0.2, -0.15) is 0 Å². The Balaban J connectivity index is 2.42. The molecule has 0 aliphatic rings. The Bertz CT molecular complexity index is 730. The number of hydrogen-bond donors (Lipinski definition) is 2. The van der Waals surface area contributed by atoms with Gasteiger partial charge in [-0.1, -0.05) is 103 Å². The second-order valence-corrected chi connectivity index (χ2v) is 10.9. The Kier molecular flexibility index (Phi) is 21.5. The van der Waals surface area contributed by atoms with Gasteiger partial charge in [-0.25, -0.2) is 0 Å². The molecule has 38 heavy (non-hydrogen) atoms. The van der Waals surface area contributed by atoms with Crippen molar-refractivity contribution < 1.29 is 24.5 Å². The van der Waals surface area contributed by atoms with E-state index in [1.807, 2.05) is 0 Å². The minimum Gasteiger partial charge on any atom is -0.494 e. The van der Waals surface area contributed by atoms with Gasteiger partial charge in [0.1, 0.15) is 5.75 Å². The maximum Gasteiger partial charge on any atom is 0.303 e. The second-order valence-electron chi connectivity index (χ2n) is 10.9. The first-order valence-electron chi connectivity index (χ1n) is 15.7. The van der Waals surface area contributed by atoms with Gasteiger partial charge in [-0.05, 0) is 68.2 Å². The molecule has 2 N–H and O–H groups in total. The number of aliphatic carboxylic acids is 2. The van der Waals surface area contributed by atoms with E-state index in [2.05, 4.69) is 25.1 Å². The molecular weight excluding hydrogens is 476 g/mol. The summed E-state index contributed by atoms with van der Waals surface area (Å²) in [4.78, 5) is 21.3. The molecule has 0 aromatic heterocycles. The minimum atomic E-state index is -0.690. The largest absolute Gasteiger partial charge is 0.494 e. The fourth-order valence-electron chi connectivity index (χ4n) is 5.02. The number of unbranched alkanes of at least 4 members (excludes halogenated alkanes) is 16. The Morgan fingerprint density at radius 3 is 1.55 bits per heavy atom. The van der Waals surface area contributed by atoms with Crippen molar-refractivity contribution in [2.75, 3.05) is 6.61 Å². The van der Waals surface area contributed by atoms with Crippen LogP contribution in [-0.2, 0) is 22.4 Å². The normalized spacial score (nSPS) is 11.1. The minimum absolute atomic E-state index is 0.289. The number of hydrogen-bond acceptors (Lipinski definition) is 3. The number of aryl methyl sites for hydroxylation is 2. The molecular formula is C33H56O5. The third kappa shape index (κ3) is 20.0. The molecule has 0 atom stereocenters. The summed E-state index contributed by atoms with van der Waals surface area (Å²) in [5, 5.41) is 17.5. The zero-order valence-corrected chi connectivity index (χ0v) is 24.3. The van der Waals surface area contributed by atoms with Crippen molar-refractivity contribution in [3.8, 4) is 5.75 Å². The molecule has 0 unspecified atom stereocenters. The molecule has 1 aromatic carbocycles. The molecule has 5 heteroatoms. The highest BCUT2D eigenvalue weighted by molar-refractivity contribution is 5.66. The van der Waals surface area contributed by atoms with E-state index in [-0.39, 0.29) is 6.42 Å². The summed E-state index contributed by atoms with van der Waals surface area (Å²) < 4.78 is 6.13. The first-order chi connectivity index (χ1) is 18.5. The van der Waals surface area contributed by atoms with Crippen LogP contribution < -0.4 is 4.74 Å². The molecule has 0 amide bonds. The fraction of sp³-hybridized carbons (Fsp3) is 0.758. The Hall–Kier alpha value is -2.04. The Labute approximate surface area is 232 Å². The summed E-state index contributed by atoms with van der Waals surface area (Å²) >= 11 is 0. The molecule has 0 aliphatic heterocycles. The Morgan fingerprint density at radius 1 is 0.579 bits per heavy atom. The van der Waals surface area contributed by atoms with Crippen LogP contribution >= 0.6 is 0 Å². The van der Waals surface area contributed by atoms with Gasteiger partial charge in [0.25, 0.3) is 0 Å². The van der Waals surface area contributed by atoms with Crippen LogP contribution in [0.15, 0.2) is 18.2 Å². The van der Waals surface area contributed by atoms with Gasteiger partial charge in [0, 0.05) is 12.8 Å². The van der Waals surface area contributed by atoms with E-state index in [0.29, 0.717) is 6.42 Å². The predicted octanol–water partition coefficient (Wildman–Crippen LogP) is 9.53. The van der Waals surface area contributed by atoms with Gasteiger partial charge in [0.15, 0.2) is 0 Å². The van der Waals surface area contributed by atoms with E-state index in [9.17, 15) is 9.59 Å². The van der Waals surface area contributed by atoms with Crippen molar-refractivity contribution in [2.24, 2.45) is 0 Å². The molecule has 0 heterocycles. The maximum atomic E-state index is 10.6. The molecule has 1 aromatic rings. The van der Waals surface area contributed by atoms with Crippen molar-refractivity contribution in [1.29, 1.82) is 0 Å². The van der Waals surface area contributed by atoms with Crippen LogP contribution in [0.4, 0.5) is 0 Å². The van der Waals surface area contributed by atoms with E-state index < -0.39 is 11.9 Å². The smallest absolute Gasteiger partial charge is 0.303 e. The average molecular weight is 533 g/mol. The zero-order valence-electron chi connectivity index (χ0n) is 24.3. The summed E-state index contributed by atoms with van der Waals surface area (Å²) in [6, 6.07) is 6.69. The van der Waals surface area contributed by atoms with Gasteiger partial charge in [0.05, 0.1) is 6.61 Å². The monoisotopic (exact) mass is 532 g/mol. The number of carboxylic acids is 2. The highest BCUT2D eigenvalue weighted by atomic mass is 16.5. The van der Waals surface area contributed by atoms with E-state index in [1.165, 1.54) is 81.8 Å². The van der Waals surface area contributed by atoms with Gasteiger partial charge in [-0.3, -0.25) is 9.59 Å². The van der Waals surface area contributed by atoms with Gasteiger partial charge < -0.3 is 14.9 Å². The molecule has 0 bridgehead atoms. The lowest BCUT2D eigenvalue weighted by Crippen LogP contribution is -2.01. The van der Waals surface area contributed by atoms with Crippen molar-refractivity contribution in [3.05, 3.63) is 29.3 Å². The van der Waals surface area contributed by atoms with Crippen molar-refractivity contribution >= 4 is 11.9 Å². The van der Waals surface area contributed by atoms with Crippen LogP contribution in [0.3, 0.4) is 0 Å². The lowest BCUT2D eigenvalue weighted by Gasteiger charge is -2.13. The first-order valence-corrected chi connectivity index (χ1v) is 15.7. The third-order valence-electron chi connectivity index (χ3n) is 7.37. The molecule has 5 nitrogen and oxygen atoms in total. The fourth-order valence-corrected chi connectivity index (χ4v) is 5.02. The van der Waals surface area contributed by atoms with E-state index >= 15 is 0 Å². The van der Waals surface area contributed by atoms with Crippen molar-refractivity contribution in [3.63, 3.8) is 0 Å². The highest BCUT2D eigenvalue weighted by Gasteiger charge is 2.07. The van der Waals surface area contributed by atoms with Crippen LogP contribution in [0.1, 0.15) is 153 Å². The summed E-state index contributed by atoms with van der Waals surface area (Å²) in [6.45, 7) is 3.05. The number of benzene rings is 1. The van der Waals surface area contributed by atoms with Crippen LogP contribution in [-0.4, -0.2) is 28.8 Å². The topological polar surface area (TPSA) is 83.8 Å². The number of rotatable bonds is 27. The number of ether oxygens (including phenoxy) is 1. The molecule has 0 fully saturated rings. The van der Waals surface area contributed by atoms with Gasteiger partial charge >= 0.3 is 11.9 Å². The van der Waals surface area contributed by atoms with Crippen LogP contribution in [0.2, 0.25) is 0 Å². The lowest BCUT2D eigenvalue weighted by atomic mass is 9.96. The summed E-state index contributed by atoms with van der Waals surface area (Å²) in [5.74, 6) is -0.378. The zero-order chi connectivity index (χ0) is 27.7. The van der Waals surface area contributed by atoms with Gasteiger partial charge in [-0.15, -0.1) is 0 Å². The molecule has 0 aliphatic carbocycles. The SMILES string of the molecule is CCCCCCCCCOc1ccc(CCCCCCCCC(=O)O)c(CCCCCCCCC(=O)O)c1. The molecule has 0 saturated heterocycles. The van der Waals surface area contributed by atoms with E-state index in [0.717, 1.165) is 76.6 Å². The summed E-state index contributed by atoms with van der Waals surface area (Å²) in [6.07, 6.45) is 24.7. The third-order valence-corrected chi connectivity index (χ3v) is 7.37. The molecule has 1 rings (SSSR count). The maximum absolute atomic E-state index is 10.6. The second kappa shape index (κ2) is 24.0. The number of carboxylic acid groups (broad SMARTS) is 2. The quantitative estimate of drug-likeness (QED) is 0.110. The van der Waals surface area contributed by atoms with Crippen LogP contribution in [0.5, 0.6) is 5.75 Å². The molecule has 218 valence electrons. The molecule has 0 radical (unpaired) electrons. The lowest BCUT2D eigenvalue weighted by molar-refractivity contribution is -0.138. The van der Waals surface area contributed by atoms with E-state index in [4.69, 9.17) is 14.9 Å². The van der Waals surface area contributed by atoms with E-state index in [1.54, 1.807) is 0 Å². The van der Waals surface area contributed by atoms with Crippen LogP contribution in [0.25, 0.3) is 0 Å². The summed E-state index contributed by atoms with van der Waals surface area (Å²) in [7, 11) is 0. The average Bonchev–Trinajstić information content (AvgIpc) is 2.89. The number of carbonyl (C=O) groups is 2. The summed E-state index contributed by atoms with van der Waals surface area (Å²) in [5.41, 5.74) is 2.87. The predicted molar refractivity (Wildman–Crippen MR) is 157 cm³/mol. The van der Waals surface area contributed by atoms with Crippen molar-refractivity contribution in [1.82, 2.24) is 0 Å². The van der Waals surface area contributed by atoms with Crippen molar-refractivity contribution in [2.45, 2.75) is 155 Å².